The summed E-state index contributed by atoms with van der Waals surface area (Å²) in [6.07, 6.45) is 1.36. The second-order valence-electron chi connectivity index (χ2n) is 6.77. The number of aromatic nitrogens is 1. The van der Waals surface area contributed by atoms with Gasteiger partial charge in [-0.3, -0.25) is 14.6 Å². The molecule has 2 amide bonds. The molecule has 9 nitrogen and oxygen atoms in total. The fourth-order valence-electron chi connectivity index (χ4n) is 2.55. The quantitative estimate of drug-likeness (QED) is 0.537. The molecule has 0 fully saturated rings. The van der Waals surface area contributed by atoms with Crippen molar-refractivity contribution in [1.82, 2.24) is 10.3 Å². The number of hydrogen-bond donors (Lipinski definition) is 4. The van der Waals surface area contributed by atoms with Gasteiger partial charge in [0, 0.05) is 11.8 Å². The number of anilines is 1. The number of rotatable bonds is 6. The molecule has 1 aliphatic heterocycles. The van der Waals surface area contributed by atoms with Gasteiger partial charge in [-0.2, -0.15) is 4.40 Å². The van der Waals surface area contributed by atoms with E-state index >= 15 is 0 Å². The lowest BCUT2D eigenvalue weighted by Gasteiger charge is -2.27. The Morgan fingerprint density at radius 3 is 2.86 bits per heavy atom. The molecule has 28 heavy (non-hydrogen) atoms. The van der Waals surface area contributed by atoms with E-state index in [1.807, 2.05) is 26.0 Å². The average molecular weight is 400 g/mol. The van der Waals surface area contributed by atoms with Crippen LogP contribution in [0.15, 0.2) is 40.9 Å². The molecule has 1 aromatic heterocycles. The SMILES string of the molecule is CC(C)(COc1cccc2c1C(N)=NSN2)NC(=O)c1ccnc(C(N)=O)c1. The standard InChI is InChI=1S/C18H20N6O3S/c1-18(2,22-17(26)10-6-7-21-12(8-10)16(20)25)9-27-13-5-3-4-11-14(13)15(19)24-28-23-11/h3-8,23H,9H2,1-2H3,(H2,19,24)(H2,20,25)(H,22,26). The molecular formula is C18H20N6O3S. The van der Waals surface area contributed by atoms with Crippen molar-refractivity contribution in [3.05, 3.63) is 53.3 Å². The summed E-state index contributed by atoms with van der Waals surface area (Å²) in [5.74, 6) is -0.134. The van der Waals surface area contributed by atoms with Crippen LogP contribution in [0.4, 0.5) is 5.69 Å². The summed E-state index contributed by atoms with van der Waals surface area (Å²) in [5.41, 5.74) is 12.3. The molecule has 0 atom stereocenters. The van der Waals surface area contributed by atoms with Gasteiger partial charge in [-0.05, 0) is 38.1 Å². The molecule has 2 heterocycles. The predicted octanol–water partition coefficient (Wildman–Crippen LogP) is 1.46. The highest BCUT2D eigenvalue weighted by Crippen LogP contribution is 2.32. The number of primary amides is 1. The topological polar surface area (TPSA) is 145 Å². The van der Waals surface area contributed by atoms with Crippen molar-refractivity contribution in [3.8, 4) is 5.75 Å². The second-order valence-corrected chi connectivity index (χ2v) is 7.34. The van der Waals surface area contributed by atoms with Crippen LogP contribution in [0.2, 0.25) is 0 Å². The number of amidine groups is 1. The third kappa shape index (κ3) is 4.34. The van der Waals surface area contributed by atoms with Crippen molar-refractivity contribution in [2.45, 2.75) is 19.4 Å². The fraction of sp³-hybridized carbons (Fsp3) is 0.222. The van der Waals surface area contributed by atoms with Crippen molar-refractivity contribution in [1.29, 1.82) is 0 Å². The molecule has 0 saturated heterocycles. The first-order valence-electron chi connectivity index (χ1n) is 8.37. The third-order valence-corrected chi connectivity index (χ3v) is 4.50. The van der Waals surface area contributed by atoms with Crippen molar-refractivity contribution in [2.75, 3.05) is 11.3 Å². The molecule has 0 spiro atoms. The number of benzene rings is 1. The van der Waals surface area contributed by atoms with Crippen LogP contribution in [0.25, 0.3) is 0 Å². The molecular weight excluding hydrogens is 380 g/mol. The maximum atomic E-state index is 12.5. The zero-order valence-corrected chi connectivity index (χ0v) is 16.2. The van der Waals surface area contributed by atoms with Gasteiger partial charge in [-0.25, -0.2) is 0 Å². The van der Waals surface area contributed by atoms with E-state index < -0.39 is 11.4 Å². The molecule has 0 aliphatic carbocycles. The van der Waals surface area contributed by atoms with Gasteiger partial charge in [0.15, 0.2) is 0 Å². The Kier molecular flexibility index (Phi) is 5.41. The van der Waals surface area contributed by atoms with Gasteiger partial charge in [-0.1, -0.05) is 6.07 Å². The van der Waals surface area contributed by atoms with Crippen LogP contribution in [-0.2, 0) is 0 Å². The van der Waals surface area contributed by atoms with Crippen LogP contribution in [0.5, 0.6) is 5.75 Å². The maximum absolute atomic E-state index is 12.5. The number of hydrogen-bond acceptors (Lipinski definition) is 8. The molecule has 0 saturated carbocycles. The molecule has 1 aliphatic rings. The Balaban J connectivity index is 1.70. The zero-order chi connectivity index (χ0) is 20.3. The lowest BCUT2D eigenvalue weighted by atomic mass is 10.1. The number of carbonyl (C=O) groups excluding carboxylic acids is 2. The number of nitrogens with one attached hydrogen (secondary N) is 2. The predicted molar refractivity (Wildman–Crippen MR) is 108 cm³/mol. The van der Waals surface area contributed by atoms with E-state index in [-0.39, 0.29) is 23.8 Å². The van der Waals surface area contributed by atoms with Gasteiger partial charge in [0.1, 0.15) is 23.9 Å². The normalized spacial score (nSPS) is 13.0. The van der Waals surface area contributed by atoms with Gasteiger partial charge >= 0.3 is 0 Å². The molecule has 10 heteroatoms. The number of carbonyl (C=O) groups is 2. The molecule has 6 N–H and O–H groups in total. The number of amides is 2. The van der Waals surface area contributed by atoms with Crippen molar-refractivity contribution < 1.29 is 14.3 Å². The highest BCUT2D eigenvalue weighted by atomic mass is 32.2. The van der Waals surface area contributed by atoms with E-state index in [1.165, 1.54) is 18.3 Å². The second kappa shape index (κ2) is 7.77. The van der Waals surface area contributed by atoms with Gasteiger partial charge in [0.2, 0.25) is 0 Å². The highest BCUT2D eigenvalue weighted by Gasteiger charge is 2.25. The summed E-state index contributed by atoms with van der Waals surface area (Å²) in [6, 6.07) is 8.37. The van der Waals surface area contributed by atoms with Crippen molar-refractivity contribution in [2.24, 2.45) is 15.9 Å². The maximum Gasteiger partial charge on any atom is 0.267 e. The summed E-state index contributed by atoms with van der Waals surface area (Å²) in [6.45, 7) is 3.83. The monoisotopic (exact) mass is 400 g/mol. The molecule has 0 unspecified atom stereocenters. The van der Waals surface area contributed by atoms with Gasteiger partial charge < -0.3 is 26.2 Å². The van der Waals surface area contributed by atoms with E-state index in [9.17, 15) is 9.59 Å². The molecule has 3 rings (SSSR count). The fourth-order valence-corrected chi connectivity index (χ4v) is 3.05. The lowest BCUT2D eigenvalue weighted by Crippen LogP contribution is -2.48. The summed E-state index contributed by atoms with van der Waals surface area (Å²) < 4.78 is 13.1. The lowest BCUT2D eigenvalue weighted by molar-refractivity contribution is 0.0880. The minimum atomic E-state index is -0.710. The Morgan fingerprint density at radius 1 is 1.32 bits per heavy atom. The average Bonchev–Trinajstić information content (AvgIpc) is 2.66. The molecule has 2 aromatic rings. The van der Waals surface area contributed by atoms with Crippen LogP contribution in [0.1, 0.15) is 40.3 Å². The Morgan fingerprint density at radius 2 is 2.11 bits per heavy atom. The highest BCUT2D eigenvalue weighted by molar-refractivity contribution is 7.99. The first kappa shape index (κ1) is 19.5. The van der Waals surface area contributed by atoms with E-state index in [0.717, 1.165) is 17.8 Å². The number of nitrogens with two attached hydrogens (primary N) is 2. The smallest absolute Gasteiger partial charge is 0.267 e. The largest absolute Gasteiger partial charge is 0.490 e. The Hall–Kier alpha value is -3.27. The Labute approximate surface area is 166 Å². The molecule has 1 aromatic carbocycles. The minimum Gasteiger partial charge on any atom is -0.490 e. The van der Waals surface area contributed by atoms with Crippen LogP contribution >= 0.6 is 12.1 Å². The summed E-state index contributed by atoms with van der Waals surface area (Å²) >= 11 is 1.15. The van der Waals surface area contributed by atoms with Gasteiger partial charge in [-0.15, -0.1) is 0 Å². The first-order valence-corrected chi connectivity index (χ1v) is 9.14. The summed E-state index contributed by atoms with van der Waals surface area (Å²) in [4.78, 5) is 27.6. The summed E-state index contributed by atoms with van der Waals surface area (Å²) in [7, 11) is 0. The van der Waals surface area contributed by atoms with E-state index in [4.69, 9.17) is 16.2 Å². The molecule has 0 radical (unpaired) electrons. The van der Waals surface area contributed by atoms with Gasteiger partial charge in [0.25, 0.3) is 11.8 Å². The van der Waals surface area contributed by atoms with Crippen LogP contribution in [-0.4, -0.2) is 34.8 Å². The number of nitrogens with zero attached hydrogens (tertiary/aromatic N) is 2. The van der Waals surface area contributed by atoms with Crippen LogP contribution in [0.3, 0.4) is 0 Å². The summed E-state index contributed by atoms with van der Waals surface area (Å²) in [5, 5.41) is 2.88. The number of ether oxygens (including phenoxy) is 1. The van der Waals surface area contributed by atoms with E-state index in [0.29, 0.717) is 17.1 Å². The number of fused-ring (bicyclic) bond motifs is 1. The molecule has 0 bridgehead atoms. The van der Waals surface area contributed by atoms with Crippen molar-refractivity contribution >= 4 is 35.5 Å². The number of pyridine rings is 1. The van der Waals surface area contributed by atoms with E-state index in [2.05, 4.69) is 19.4 Å². The van der Waals surface area contributed by atoms with Crippen LogP contribution in [0, 0.1) is 0 Å². The third-order valence-electron chi connectivity index (χ3n) is 3.90. The van der Waals surface area contributed by atoms with Crippen molar-refractivity contribution in [3.63, 3.8) is 0 Å². The van der Waals surface area contributed by atoms with E-state index in [1.54, 1.807) is 6.07 Å². The first-order chi connectivity index (χ1) is 13.3. The Bertz CT molecular complexity index is 960. The molecule has 146 valence electrons. The van der Waals surface area contributed by atoms with Crippen LogP contribution < -0.4 is 26.2 Å². The zero-order valence-electron chi connectivity index (χ0n) is 15.4. The minimum absolute atomic E-state index is 0.0257. The van der Waals surface area contributed by atoms with Gasteiger partial charge in [0.05, 0.1) is 28.9 Å².